The molecule has 0 aliphatic heterocycles. The molecule has 6 nitrogen and oxygen atoms in total. The van der Waals surface area contributed by atoms with Crippen molar-refractivity contribution in [3.8, 4) is 17.2 Å². The Balaban J connectivity index is 2.18. The average Bonchev–Trinajstić information content (AvgIpc) is 2.85. The van der Waals surface area contributed by atoms with E-state index in [-0.39, 0.29) is 22.6 Å². The van der Waals surface area contributed by atoms with Crippen molar-refractivity contribution in [2.45, 2.75) is 5.22 Å². The molecule has 0 spiro atoms. The molecule has 2 rings (SSSR count). The van der Waals surface area contributed by atoms with Crippen LogP contribution in [0.2, 0.25) is 0 Å². The number of hydrogen-bond acceptors (Lipinski definition) is 6. The summed E-state index contributed by atoms with van der Waals surface area (Å²) in [6.45, 7) is 0. The second-order valence-corrected chi connectivity index (χ2v) is 4.33. The zero-order valence-electron chi connectivity index (χ0n) is 9.79. The second kappa shape index (κ2) is 5.70. The van der Waals surface area contributed by atoms with E-state index < -0.39 is 11.8 Å². The number of ether oxygens (including phenoxy) is 1. The van der Waals surface area contributed by atoms with E-state index in [9.17, 15) is 9.18 Å². The number of carboxylic acid groups (broad SMARTS) is 1. The standard InChI is InChI=1S/C11H9FN2O4S/c1-17-8-3-2-6(4-7(8)12)10-13-14-11(18-10)19-5-9(15)16/h2-4H,5H2,1H3,(H,15,16). The van der Waals surface area contributed by atoms with Gasteiger partial charge in [0.1, 0.15) is 5.75 Å². The monoisotopic (exact) mass is 284 g/mol. The van der Waals surface area contributed by atoms with E-state index in [1.165, 1.54) is 19.2 Å². The molecule has 0 saturated carbocycles. The summed E-state index contributed by atoms with van der Waals surface area (Å²) in [6, 6.07) is 4.22. The molecule has 1 aromatic carbocycles. The van der Waals surface area contributed by atoms with Crippen LogP contribution < -0.4 is 4.74 Å². The van der Waals surface area contributed by atoms with Crippen LogP contribution in [0.1, 0.15) is 0 Å². The van der Waals surface area contributed by atoms with Gasteiger partial charge in [-0.1, -0.05) is 11.8 Å². The number of hydrogen-bond donors (Lipinski definition) is 1. The van der Waals surface area contributed by atoms with Crippen LogP contribution in [0.5, 0.6) is 5.75 Å². The Morgan fingerprint density at radius 2 is 2.32 bits per heavy atom. The van der Waals surface area contributed by atoms with Crippen molar-refractivity contribution in [1.82, 2.24) is 10.2 Å². The first-order valence-corrected chi connectivity index (χ1v) is 6.10. The van der Waals surface area contributed by atoms with Gasteiger partial charge in [0.05, 0.1) is 7.11 Å². The van der Waals surface area contributed by atoms with Crippen LogP contribution in [-0.4, -0.2) is 34.1 Å². The summed E-state index contributed by atoms with van der Waals surface area (Å²) < 4.78 is 23.5. The highest BCUT2D eigenvalue weighted by atomic mass is 32.2. The Morgan fingerprint density at radius 1 is 1.53 bits per heavy atom. The predicted octanol–water partition coefficient (Wildman–Crippen LogP) is 2.06. The quantitative estimate of drug-likeness (QED) is 0.841. The second-order valence-electron chi connectivity index (χ2n) is 3.40. The van der Waals surface area contributed by atoms with Gasteiger partial charge in [0.25, 0.3) is 5.22 Å². The molecular weight excluding hydrogens is 275 g/mol. The third-order valence-electron chi connectivity index (χ3n) is 2.12. The number of aromatic nitrogens is 2. The van der Waals surface area contributed by atoms with Gasteiger partial charge in [-0.25, -0.2) is 4.39 Å². The molecule has 0 radical (unpaired) electrons. The molecule has 0 unspecified atom stereocenters. The molecule has 0 amide bonds. The van der Waals surface area contributed by atoms with Crippen molar-refractivity contribution in [1.29, 1.82) is 0 Å². The minimum Gasteiger partial charge on any atom is -0.494 e. The molecular formula is C11H9FN2O4S. The number of carboxylic acids is 1. The summed E-state index contributed by atoms with van der Waals surface area (Å²) in [4.78, 5) is 10.4. The van der Waals surface area contributed by atoms with E-state index in [1.54, 1.807) is 6.07 Å². The van der Waals surface area contributed by atoms with Gasteiger partial charge in [0.2, 0.25) is 5.89 Å². The summed E-state index contributed by atoms with van der Waals surface area (Å²) >= 11 is 0.898. The zero-order chi connectivity index (χ0) is 13.8. The minimum absolute atomic E-state index is 0.115. The lowest BCUT2D eigenvalue weighted by Crippen LogP contribution is -1.97. The van der Waals surface area contributed by atoms with Crippen molar-refractivity contribution in [3.05, 3.63) is 24.0 Å². The van der Waals surface area contributed by atoms with Crippen LogP contribution in [0.15, 0.2) is 27.8 Å². The van der Waals surface area contributed by atoms with Crippen LogP contribution >= 0.6 is 11.8 Å². The molecule has 0 saturated heterocycles. The molecule has 1 N–H and O–H groups in total. The van der Waals surface area contributed by atoms with Gasteiger partial charge >= 0.3 is 5.97 Å². The number of aliphatic carboxylic acids is 1. The smallest absolute Gasteiger partial charge is 0.314 e. The Kier molecular flexibility index (Phi) is 4.00. The number of carbonyl (C=O) groups is 1. The lowest BCUT2D eigenvalue weighted by atomic mass is 10.2. The van der Waals surface area contributed by atoms with Crippen molar-refractivity contribution in [2.24, 2.45) is 0 Å². The maximum atomic E-state index is 13.5. The fraction of sp³-hybridized carbons (Fsp3) is 0.182. The van der Waals surface area contributed by atoms with E-state index in [0.29, 0.717) is 5.56 Å². The Labute approximate surface area is 111 Å². The van der Waals surface area contributed by atoms with E-state index in [4.69, 9.17) is 14.3 Å². The van der Waals surface area contributed by atoms with Gasteiger partial charge < -0.3 is 14.3 Å². The van der Waals surface area contributed by atoms with Gasteiger partial charge in [-0.3, -0.25) is 4.79 Å². The van der Waals surface area contributed by atoms with E-state index in [0.717, 1.165) is 11.8 Å². The molecule has 0 atom stereocenters. The SMILES string of the molecule is COc1ccc(-c2nnc(SCC(=O)O)o2)cc1F. The predicted molar refractivity (Wildman–Crippen MR) is 64.6 cm³/mol. The first-order valence-electron chi connectivity index (χ1n) is 5.12. The summed E-state index contributed by atoms with van der Waals surface area (Å²) in [5.74, 6) is -1.48. The van der Waals surface area contributed by atoms with Crippen LogP contribution in [0, 0.1) is 5.82 Å². The van der Waals surface area contributed by atoms with E-state index in [2.05, 4.69) is 10.2 Å². The molecule has 100 valence electrons. The highest BCUT2D eigenvalue weighted by Crippen LogP contribution is 2.26. The topological polar surface area (TPSA) is 85.5 Å². The van der Waals surface area contributed by atoms with Crippen LogP contribution in [-0.2, 0) is 4.79 Å². The zero-order valence-corrected chi connectivity index (χ0v) is 10.6. The first-order chi connectivity index (χ1) is 9.10. The van der Waals surface area contributed by atoms with Gasteiger partial charge in [-0.05, 0) is 18.2 Å². The molecule has 1 aromatic heterocycles. The van der Waals surface area contributed by atoms with Crippen molar-refractivity contribution in [2.75, 3.05) is 12.9 Å². The summed E-state index contributed by atoms with van der Waals surface area (Å²) in [7, 11) is 1.37. The Hall–Kier alpha value is -2.09. The van der Waals surface area contributed by atoms with Gasteiger partial charge in [-0.15, -0.1) is 10.2 Å². The highest BCUT2D eigenvalue weighted by molar-refractivity contribution is 7.99. The Bertz CT molecular complexity index is 602. The maximum Gasteiger partial charge on any atom is 0.314 e. The van der Waals surface area contributed by atoms with Crippen LogP contribution in [0.4, 0.5) is 4.39 Å². The summed E-state index contributed by atoms with van der Waals surface area (Å²) in [6.07, 6.45) is 0. The summed E-state index contributed by atoms with van der Waals surface area (Å²) in [5, 5.41) is 16.0. The van der Waals surface area contributed by atoms with Gasteiger partial charge in [0, 0.05) is 5.56 Å². The number of nitrogens with zero attached hydrogens (tertiary/aromatic N) is 2. The average molecular weight is 284 g/mol. The molecule has 0 aliphatic rings. The molecule has 0 bridgehead atoms. The largest absolute Gasteiger partial charge is 0.494 e. The molecule has 8 heteroatoms. The number of halogens is 1. The van der Waals surface area contributed by atoms with Crippen molar-refractivity contribution in [3.63, 3.8) is 0 Å². The fourth-order valence-electron chi connectivity index (χ4n) is 1.31. The molecule has 0 aliphatic carbocycles. The molecule has 19 heavy (non-hydrogen) atoms. The number of benzene rings is 1. The third-order valence-corrected chi connectivity index (χ3v) is 2.93. The van der Waals surface area contributed by atoms with Gasteiger partial charge in [0.15, 0.2) is 11.6 Å². The molecule has 2 aromatic rings. The van der Waals surface area contributed by atoms with Crippen LogP contribution in [0.3, 0.4) is 0 Å². The molecule has 1 heterocycles. The van der Waals surface area contributed by atoms with E-state index in [1.807, 2.05) is 0 Å². The fourth-order valence-corrected chi connectivity index (χ4v) is 1.79. The minimum atomic E-state index is -0.986. The van der Waals surface area contributed by atoms with Gasteiger partial charge in [-0.2, -0.15) is 0 Å². The van der Waals surface area contributed by atoms with Crippen molar-refractivity contribution >= 4 is 17.7 Å². The first kappa shape index (κ1) is 13.3. The van der Waals surface area contributed by atoms with Crippen LogP contribution in [0.25, 0.3) is 11.5 Å². The van der Waals surface area contributed by atoms with Crippen molar-refractivity contribution < 1.29 is 23.4 Å². The molecule has 0 fully saturated rings. The number of rotatable bonds is 5. The lowest BCUT2D eigenvalue weighted by molar-refractivity contribution is -0.133. The maximum absolute atomic E-state index is 13.5. The number of methoxy groups -OCH3 is 1. The number of thioether (sulfide) groups is 1. The lowest BCUT2D eigenvalue weighted by Gasteiger charge is -2.01. The van der Waals surface area contributed by atoms with E-state index >= 15 is 0 Å². The Morgan fingerprint density at radius 3 is 2.95 bits per heavy atom. The summed E-state index contributed by atoms with van der Waals surface area (Å²) in [5.41, 5.74) is 0.396. The normalized spacial score (nSPS) is 10.4. The third kappa shape index (κ3) is 3.22. The highest BCUT2D eigenvalue weighted by Gasteiger charge is 2.12.